The number of likely N-dealkylation sites (N-methyl/N-ethyl adjacent to an activating group) is 2. The van der Waals surface area contributed by atoms with Crippen molar-refractivity contribution in [2.45, 2.75) is 197 Å². The maximum absolute atomic E-state index is 14.4. The molecule has 61 heavy (non-hydrogen) atoms. The molecule has 0 bridgehead atoms. The lowest BCUT2D eigenvalue weighted by molar-refractivity contribution is -0.317. The molecular weight excluding hydrogens is 813 g/mol. The lowest BCUT2D eigenvalue weighted by Gasteiger charge is -2.48. The van der Waals surface area contributed by atoms with Crippen molar-refractivity contribution in [2.75, 3.05) is 27.7 Å². The molecule has 3 saturated heterocycles. The van der Waals surface area contributed by atoms with Gasteiger partial charge in [0.25, 0.3) is 0 Å². The Hall–Kier alpha value is -1.84. The van der Waals surface area contributed by atoms with Crippen molar-refractivity contribution in [3.63, 3.8) is 0 Å². The third-order valence-electron chi connectivity index (χ3n) is 13.7. The number of aryl methyl sites for hydroxylation is 1. The van der Waals surface area contributed by atoms with E-state index in [0.717, 1.165) is 9.87 Å². The van der Waals surface area contributed by atoms with E-state index >= 15 is 0 Å². The van der Waals surface area contributed by atoms with Gasteiger partial charge in [-0.05, 0) is 99.8 Å². The quantitative estimate of drug-likeness (QED) is 0.226. The second-order valence-electron chi connectivity index (χ2n) is 19.0. The summed E-state index contributed by atoms with van der Waals surface area (Å²) in [7, 11) is 0.609. The predicted octanol–water partition coefficient (Wildman–Crippen LogP) is 2.97. The summed E-state index contributed by atoms with van der Waals surface area (Å²) in [6.45, 7) is 19.2. The number of methoxy groups -OCH3 is 1. The van der Waals surface area contributed by atoms with Crippen molar-refractivity contribution in [2.24, 2.45) is 17.8 Å². The van der Waals surface area contributed by atoms with Gasteiger partial charge in [0, 0.05) is 39.1 Å². The Balaban J connectivity index is 1.83. The zero-order chi connectivity index (χ0) is 46.2. The first-order valence-electron chi connectivity index (χ1n) is 21.7. The zero-order valence-corrected chi connectivity index (χ0v) is 39.5. The Morgan fingerprint density at radius 2 is 1.54 bits per heavy atom. The average Bonchev–Trinajstić information content (AvgIpc) is 3.18. The topological polar surface area (TPSA) is 214 Å². The second kappa shape index (κ2) is 20.1. The van der Waals surface area contributed by atoms with Gasteiger partial charge in [0.05, 0.1) is 52.5 Å². The van der Waals surface area contributed by atoms with Crippen LogP contribution in [0.2, 0.25) is 0 Å². The molecule has 4 rings (SSSR count). The number of hydrogen-bond acceptors (Lipinski definition) is 15. The van der Waals surface area contributed by atoms with Crippen molar-refractivity contribution >= 4 is 16.0 Å². The Labute approximate surface area is 363 Å². The maximum atomic E-state index is 14.4. The molecule has 3 heterocycles. The first-order valence-corrected chi connectivity index (χ1v) is 23.2. The molecule has 0 spiro atoms. The number of nitrogens with zero attached hydrogens (tertiary/aromatic N) is 2. The molecule has 0 amide bonds. The van der Waals surface area contributed by atoms with Gasteiger partial charge in [-0.25, -0.2) is 8.42 Å². The van der Waals surface area contributed by atoms with Crippen LogP contribution in [0.3, 0.4) is 0 Å². The van der Waals surface area contributed by atoms with Crippen LogP contribution >= 0.6 is 0 Å². The number of benzene rings is 1. The molecule has 0 unspecified atom stereocenters. The molecule has 0 radical (unpaired) electrons. The number of carbonyl (C=O) groups excluding carboxylic acids is 1. The van der Waals surface area contributed by atoms with E-state index in [1.54, 1.807) is 74.6 Å². The lowest BCUT2D eigenvalue weighted by atomic mass is 9.77. The molecule has 1 aromatic carbocycles. The molecule has 1 aromatic rings. The molecule has 352 valence electrons. The Kier molecular flexibility index (Phi) is 17.1. The van der Waals surface area contributed by atoms with Crippen LogP contribution in [-0.2, 0) is 43.2 Å². The summed E-state index contributed by atoms with van der Waals surface area (Å²) in [5.41, 5.74) is -3.78. The molecule has 3 fully saturated rings. The molecular formula is C44H76N2O14S. The fourth-order valence-electron chi connectivity index (χ4n) is 9.64. The highest BCUT2D eigenvalue weighted by Gasteiger charge is 2.53. The number of hydrogen-bond donors (Lipinski definition) is 5. The van der Waals surface area contributed by atoms with E-state index in [9.17, 15) is 38.7 Å². The molecule has 17 heteroatoms. The van der Waals surface area contributed by atoms with Gasteiger partial charge in [0.15, 0.2) is 12.6 Å². The number of cyclic esters (lactones) is 1. The molecule has 18 atom stereocenters. The first-order chi connectivity index (χ1) is 28.1. The highest BCUT2D eigenvalue weighted by Crippen LogP contribution is 2.40. The van der Waals surface area contributed by atoms with E-state index in [-0.39, 0.29) is 36.5 Å². The SMILES string of the molecule is CC[C@@H]1OC(=O)[C@H](C)[C@H](O[C@@H]2C[C@](C)(OC)[C@H](O)[C@H](C)O2)[C@@H](C)[C@H](O[C@@H]2O[C@H](C)C[C@H](N(C)S(=O)(=O)c3ccc(C)cc3)[C@H]2O)[C@](C)(O)C[C@H](C)CN(C)[C@H](C)[C@@H](O)[C@]1(C)O. The van der Waals surface area contributed by atoms with E-state index in [1.165, 1.54) is 33.2 Å². The first kappa shape index (κ1) is 51.8. The van der Waals surface area contributed by atoms with Crippen molar-refractivity contribution in [3.8, 4) is 0 Å². The van der Waals surface area contributed by atoms with Crippen molar-refractivity contribution in [1.82, 2.24) is 9.21 Å². The van der Waals surface area contributed by atoms with Gasteiger partial charge in [-0.1, -0.05) is 38.5 Å². The van der Waals surface area contributed by atoms with Crippen molar-refractivity contribution in [1.29, 1.82) is 0 Å². The van der Waals surface area contributed by atoms with Crippen molar-refractivity contribution < 1.29 is 67.2 Å². The van der Waals surface area contributed by atoms with E-state index in [4.69, 9.17) is 28.4 Å². The summed E-state index contributed by atoms with van der Waals surface area (Å²) in [6.07, 6.45) is -10.7. The number of aliphatic hydroxyl groups excluding tert-OH is 3. The molecule has 5 N–H and O–H groups in total. The molecule has 0 saturated carbocycles. The number of ether oxygens (including phenoxy) is 6. The van der Waals surface area contributed by atoms with Gasteiger partial charge in [-0.2, -0.15) is 4.31 Å². The van der Waals surface area contributed by atoms with Crippen LogP contribution in [-0.4, -0.2) is 167 Å². The molecule has 3 aliphatic heterocycles. The van der Waals surface area contributed by atoms with E-state index in [0.29, 0.717) is 6.54 Å². The van der Waals surface area contributed by atoms with Crippen LogP contribution in [0, 0.1) is 24.7 Å². The van der Waals surface area contributed by atoms with Gasteiger partial charge in [0.2, 0.25) is 10.0 Å². The summed E-state index contributed by atoms with van der Waals surface area (Å²) in [5, 5.41) is 59.1. The molecule has 16 nitrogen and oxygen atoms in total. The Bertz CT molecular complexity index is 1700. The minimum absolute atomic E-state index is 0.0626. The minimum atomic E-state index is -4.07. The lowest BCUT2D eigenvalue weighted by Crippen LogP contribution is -2.61. The highest BCUT2D eigenvalue weighted by atomic mass is 32.2. The standard InChI is InChI=1S/C44H76N2O14S/c1-15-33-44(11,52)37(48)29(7)45(12)23-25(3)21-42(9,51)39(27(5)36(28(6)40(50)58-33)59-34-22-43(10,55-14)38(49)30(8)57-34)60-41-35(47)32(20-26(4)56-41)46(13)61(53,54)31-18-16-24(2)17-19-31/h16-19,25-30,32-39,41,47-49,51-52H,15,20-23H2,1-14H3/t25-,26+,27+,28+,29+,30-,32-,33-,34+,35+,36+,37+,38+,39-,41-,42+,43-,44+/m0/s1. The normalized spacial score (nSPS) is 44.3. The highest BCUT2D eigenvalue weighted by molar-refractivity contribution is 7.89. The number of esters is 1. The smallest absolute Gasteiger partial charge is 0.311 e. The predicted molar refractivity (Wildman–Crippen MR) is 227 cm³/mol. The number of rotatable bonds is 9. The van der Waals surface area contributed by atoms with Gasteiger partial charge in [-0.15, -0.1) is 0 Å². The summed E-state index contributed by atoms with van der Waals surface area (Å²) >= 11 is 0. The fourth-order valence-corrected chi connectivity index (χ4v) is 11.0. The third-order valence-corrected chi connectivity index (χ3v) is 15.6. The summed E-state index contributed by atoms with van der Waals surface area (Å²) in [4.78, 5) is 16.3. The number of sulfonamides is 1. The monoisotopic (exact) mass is 889 g/mol. The largest absolute Gasteiger partial charge is 0.459 e. The summed E-state index contributed by atoms with van der Waals surface area (Å²) in [6, 6.07) is 4.84. The second-order valence-corrected chi connectivity index (χ2v) is 21.0. The number of aliphatic hydroxyl groups is 5. The maximum Gasteiger partial charge on any atom is 0.311 e. The fraction of sp³-hybridized carbons (Fsp3) is 0.841. The molecule has 0 aromatic heterocycles. The van der Waals surface area contributed by atoms with Gasteiger partial charge < -0.3 is 58.9 Å². The van der Waals surface area contributed by atoms with Crippen LogP contribution in [0.25, 0.3) is 0 Å². The van der Waals surface area contributed by atoms with Crippen LogP contribution in [0.5, 0.6) is 0 Å². The van der Waals surface area contributed by atoms with Crippen LogP contribution in [0.15, 0.2) is 29.2 Å². The Morgan fingerprint density at radius 1 is 0.934 bits per heavy atom. The average molecular weight is 889 g/mol. The molecule has 3 aliphatic rings. The number of carbonyl (C=O) groups is 1. The van der Waals surface area contributed by atoms with Crippen molar-refractivity contribution in [3.05, 3.63) is 29.8 Å². The van der Waals surface area contributed by atoms with Gasteiger partial charge in [0.1, 0.15) is 30.0 Å². The summed E-state index contributed by atoms with van der Waals surface area (Å²) < 4.78 is 66.6. The molecule has 0 aliphatic carbocycles. The zero-order valence-electron chi connectivity index (χ0n) is 38.7. The van der Waals surface area contributed by atoms with Gasteiger partial charge >= 0.3 is 5.97 Å². The van der Waals surface area contributed by atoms with Crippen LogP contribution < -0.4 is 0 Å². The Morgan fingerprint density at radius 3 is 2.11 bits per heavy atom. The van der Waals surface area contributed by atoms with E-state index in [1.807, 2.05) is 18.7 Å². The van der Waals surface area contributed by atoms with Crippen LogP contribution in [0.1, 0.15) is 100 Å². The van der Waals surface area contributed by atoms with E-state index in [2.05, 4.69) is 0 Å². The summed E-state index contributed by atoms with van der Waals surface area (Å²) in [5.74, 6) is -3.03. The minimum Gasteiger partial charge on any atom is -0.459 e. The van der Waals surface area contributed by atoms with E-state index < -0.39 is 118 Å². The third kappa shape index (κ3) is 11.3. The van der Waals surface area contributed by atoms with Crippen LogP contribution in [0.4, 0.5) is 0 Å². The van der Waals surface area contributed by atoms with Gasteiger partial charge in [-0.3, -0.25) is 4.79 Å².